The molecule has 2 aliphatic rings. The Hall–Kier alpha value is -1.87. The van der Waals surface area contributed by atoms with Gasteiger partial charge >= 0.3 is 0 Å². The van der Waals surface area contributed by atoms with Gasteiger partial charge in [-0.2, -0.15) is 0 Å². The van der Waals surface area contributed by atoms with Gasteiger partial charge in [0.25, 0.3) is 0 Å². The molecule has 1 aliphatic heterocycles. The predicted molar refractivity (Wildman–Crippen MR) is 117 cm³/mol. The van der Waals surface area contributed by atoms with Crippen LogP contribution in [0.1, 0.15) is 61.1 Å². The summed E-state index contributed by atoms with van der Waals surface area (Å²) in [6.45, 7) is 2.54. The van der Waals surface area contributed by atoms with Crippen molar-refractivity contribution in [2.45, 2.75) is 62.5 Å². The van der Waals surface area contributed by atoms with Crippen molar-refractivity contribution in [2.24, 2.45) is 0 Å². The van der Waals surface area contributed by atoms with Crippen LogP contribution in [-0.4, -0.2) is 30.8 Å². The third-order valence-electron chi connectivity index (χ3n) is 6.61. The number of rotatable bonds is 7. The van der Waals surface area contributed by atoms with Gasteiger partial charge in [0, 0.05) is 35.8 Å². The predicted octanol–water partition coefficient (Wildman–Crippen LogP) is 4.67. The molecule has 1 saturated heterocycles. The lowest BCUT2D eigenvalue weighted by molar-refractivity contribution is -0.104. The zero-order chi connectivity index (χ0) is 20.2. The molecule has 154 valence electrons. The highest BCUT2D eigenvalue weighted by molar-refractivity contribution is 7.10. The molecule has 0 aromatic carbocycles. The van der Waals surface area contributed by atoms with Crippen molar-refractivity contribution in [3.05, 3.63) is 45.9 Å². The van der Waals surface area contributed by atoms with Gasteiger partial charge in [0.2, 0.25) is 0 Å². The van der Waals surface area contributed by atoms with Crippen LogP contribution in [0.3, 0.4) is 0 Å². The quantitative estimate of drug-likeness (QED) is 0.532. The number of thiophene rings is 1. The molecule has 4 rings (SSSR count). The fraction of sp³-hybridized carbons (Fsp3) is 0.542. The summed E-state index contributed by atoms with van der Waals surface area (Å²) >= 11 is 1.66. The molecule has 0 bridgehead atoms. The second-order valence-corrected chi connectivity index (χ2v) is 9.30. The molecular formula is C24H30N2O2S. The summed E-state index contributed by atoms with van der Waals surface area (Å²) in [5.74, 6) is 3.53. The Balaban J connectivity index is 1.46. The maximum atomic E-state index is 6.34. The number of hydrogen-bond donors (Lipinski definition) is 1. The number of terminal acetylenes is 1. The second-order valence-electron chi connectivity index (χ2n) is 8.34. The van der Waals surface area contributed by atoms with Crippen molar-refractivity contribution < 1.29 is 9.47 Å². The van der Waals surface area contributed by atoms with Crippen LogP contribution in [0.15, 0.2) is 29.8 Å². The summed E-state index contributed by atoms with van der Waals surface area (Å²) < 4.78 is 11.9. The third-order valence-corrected chi connectivity index (χ3v) is 7.58. The normalized spacial score (nSPS) is 23.2. The molecule has 2 fully saturated rings. The first-order valence-electron chi connectivity index (χ1n) is 10.6. The van der Waals surface area contributed by atoms with Crippen molar-refractivity contribution in [3.63, 3.8) is 0 Å². The van der Waals surface area contributed by atoms with E-state index < -0.39 is 0 Å². The van der Waals surface area contributed by atoms with E-state index in [1.807, 2.05) is 17.6 Å². The second kappa shape index (κ2) is 8.87. The van der Waals surface area contributed by atoms with E-state index in [4.69, 9.17) is 20.9 Å². The molecule has 3 heterocycles. The van der Waals surface area contributed by atoms with Gasteiger partial charge in [-0.25, -0.2) is 0 Å². The van der Waals surface area contributed by atoms with Crippen LogP contribution in [0.25, 0.3) is 0 Å². The van der Waals surface area contributed by atoms with Crippen LogP contribution >= 0.6 is 11.3 Å². The van der Waals surface area contributed by atoms with E-state index in [9.17, 15) is 0 Å². The van der Waals surface area contributed by atoms with Gasteiger partial charge in [-0.1, -0.05) is 24.8 Å². The molecular weight excluding hydrogens is 380 g/mol. The molecule has 0 unspecified atom stereocenters. The highest BCUT2D eigenvalue weighted by Crippen LogP contribution is 2.49. The minimum atomic E-state index is 0.0639. The standard InChI is InChI=1S/C24H30N2O2S/c1-3-19-17-29-20(22(19)27-2)16-25-14-11-23(21-8-4-7-13-26-21)12-15-28-24(18-23)9-5-6-10-24/h1,4,7-8,13,17,25H,5-6,9-12,14-16,18H2,2H3/t23-/m1/s1. The molecule has 1 saturated carbocycles. The van der Waals surface area contributed by atoms with Crippen LogP contribution < -0.4 is 10.1 Å². The first kappa shape index (κ1) is 20.4. The first-order valence-corrected chi connectivity index (χ1v) is 11.5. The average molecular weight is 411 g/mol. The largest absolute Gasteiger partial charge is 0.494 e. The number of methoxy groups -OCH3 is 1. The van der Waals surface area contributed by atoms with E-state index in [-0.39, 0.29) is 11.0 Å². The van der Waals surface area contributed by atoms with Gasteiger partial charge in [0.05, 0.1) is 23.2 Å². The van der Waals surface area contributed by atoms with Crippen LogP contribution in [-0.2, 0) is 16.7 Å². The van der Waals surface area contributed by atoms with Crippen LogP contribution in [0.5, 0.6) is 5.75 Å². The minimum absolute atomic E-state index is 0.0639. The summed E-state index contributed by atoms with van der Waals surface area (Å²) in [6.07, 6.45) is 15.6. The smallest absolute Gasteiger partial charge is 0.149 e. The van der Waals surface area contributed by atoms with Gasteiger partial charge in [0.15, 0.2) is 0 Å². The first-order chi connectivity index (χ1) is 14.2. The molecule has 2 aromatic rings. The topological polar surface area (TPSA) is 43.4 Å². The highest BCUT2D eigenvalue weighted by Gasteiger charge is 2.48. The van der Waals surface area contributed by atoms with E-state index in [0.717, 1.165) is 55.1 Å². The lowest BCUT2D eigenvalue weighted by Crippen LogP contribution is -2.47. The van der Waals surface area contributed by atoms with Gasteiger partial charge in [-0.05, 0) is 50.8 Å². The van der Waals surface area contributed by atoms with Crippen LogP contribution in [0, 0.1) is 12.3 Å². The Labute approximate surface area is 178 Å². The SMILES string of the molecule is C#Cc1csc(CNCC[C@@]2(c3ccccn3)CCOC3(CCCC3)C2)c1OC. The fourth-order valence-corrected chi connectivity index (χ4v) is 6.08. The molecule has 1 aliphatic carbocycles. The Kier molecular flexibility index (Phi) is 6.24. The maximum absolute atomic E-state index is 6.34. The van der Waals surface area contributed by atoms with Gasteiger partial charge in [0.1, 0.15) is 5.75 Å². The van der Waals surface area contributed by atoms with Crippen LogP contribution in [0.4, 0.5) is 0 Å². The summed E-state index contributed by atoms with van der Waals surface area (Å²) in [5.41, 5.74) is 2.21. The van der Waals surface area contributed by atoms with Crippen molar-refractivity contribution >= 4 is 11.3 Å². The summed E-state index contributed by atoms with van der Waals surface area (Å²) in [4.78, 5) is 5.94. The van der Waals surface area contributed by atoms with Crippen molar-refractivity contribution in [3.8, 4) is 18.1 Å². The van der Waals surface area contributed by atoms with Gasteiger partial charge in [-0.15, -0.1) is 17.8 Å². The van der Waals surface area contributed by atoms with Crippen molar-refractivity contribution in [1.29, 1.82) is 0 Å². The molecule has 1 spiro atoms. The fourth-order valence-electron chi connectivity index (χ4n) is 5.16. The molecule has 2 aromatic heterocycles. The third kappa shape index (κ3) is 4.21. The Morgan fingerprint density at radius 1 is 1.31 bits per heavy atom. The zero-order valence-corrected chi connectivity index (χ0v) is 18.0. The average Bonchev–Trinajstić information content (AvgIpc) is 3.38. The molecule has 5 heteroatoms. The summed E-state index contributed by atoms with van der Waals surface area (Å²) in [5, 5.41) is 5.62. The number of ether oxygens (including phenoxy) is 2. The van der Waals surface area contributed by atoms with E-state index >= 15 is 0 Å². The zero-order valence-electron chi connectivity index (χ0n) is 17.2. The van der Waals surface area contributed by atoms with Gasteiger partial charge < -0.3 is 14.8 Å². The van der Waals surface area contributed by atoms with Gasteiger partial charge in [-0.3, -0.25) is 4.98 Å². The lowest BCUT2D eigenvalue weighted by Gasteiger charge is -2.46. The molecule has 1 atom stereocenters. The molecule has 0 amide bonds. The van der Waals surface area contributed by atoms with E-state index in [2.05, 4.69) is 23.4 Å². The van der Waals surface area contributed by atoms with E-state index in [0.29, 0.717) is 0 Å². The molecule has 1 N–H and O–H groups in total. The number of hydrogen-bond acceptors (Lipinski definition) is 5. The molecule has 0 radical (unpaired) electrons. The number of nitrogens with zero attached hydrogens (tertiary/aromatic N) is 1. The number of nitrogens with one attached hydrogen (secondary N) is 1. The van der Waals surface area contributed by atoms with E-state index in [1.165, 1.54) is 31.4 Å². The summed E-state index contributed by atoms with van der Waals surface area (Å²) in [7, 11) is 1.69. The molecule has 29 heavy (non-hydrogen) atoms. The lowest BCUT2D eigenvalue weighted by atomic mass is 9.68. The Bertz CT molecular complexity index is 852. The minimum Gasteiger partial charge on any atom is -0.494 e. The Morgan fingerprint density at radius 3 is 2.90 bits per heavy atom. The maximum Gasteiger partial charge on any atom is 0.149 e. The number of pyridine rings is 1. The van der Waals surface area contributed by atoms with Crippen molar-refractivity contribution in [2.75, 3.05) is 20.3 Å². The number of aromatic nitrogens is 1. The van der Waals surface area contributed by atoms with Crippen LogP contribution in [0.2, 0.25) is 0 Å². The highest BCUT2D eigenvalue weighted by atomic mass is 32.1. The van der Waals surface area contributed by atoms with Crippen molar-refractivity contribution in [1.82, 2.24) is 10.3 Å². The van der Waals surface area contributed by atoms with E-state index in [1.54, 1.807) is 18.4 Å². The summed E-state index contributed by atoms with van der Waals surface area (Å²) in [6, 6.07) is 6.33. The Morgan fingerprint density at radius 2 is 2.17 bits per heavy atom. The monoisotopic (exact) mass is 410 g/mol. The molecule has 4 nitrogen and oxygen atoms in total.